The van der Waals surface area contributed by atoms with Gasteiger partial charge in [-0.25, -0.2) is 19.3 Å². The second-order valence-corrected chi connectivity index (χ2v) is 7.08. The topological polar surface area (TPSA) is 91.8 Å². The van der Waals surface area contributed by atoms with E-state index in [-0.39, 0.29) is 5.92 Å². The molecule has 0 bridgehead atoms. The van der Waals surface area contributed by atoms with Gasteiger partial charge in [-0.1, -0.05) is 6.92 Å². The smallest absolute Gasteiger partial charge is 0.229 e. The molecule has 0 saturated heterocycles. The lowest BCUT2D eigenvalue weighted by molar-refractivity contribution is 0.205. The van der Waals surface area contributed by atoms with E-state index in [4.69, 9.17) is 9.72 Å². The van der Waals surface area contributed by atoms with Crippen LogP contribution in [0, 0.1) is 5.82 Å². The maximum absolute atomic E-state index is 13.0. The second kappa shape index (κ2) is 6.96. The number of ether oxygens (including phenoxy) is 1. The minimum absolute atomic E-state index is 0.282. The fraction of sp³-hybridized carbons (Fsp3) is 0.375. The fourth-order valence-electron chi connectivity index (χ4n) is 2.99. The van der Waals surface area contributed by atoms with Crippen molar-refractivity contribution in [3.8, 4) is 11.3 Å². The number of halogens is 1. The van der Waals surface area contributed by atoms with Crippen molar-refractivity contribution in [2.45, 2.75) is 12.8 Å². The molecule has 0 aliphatic carbocycles. The van der Waals surface area contributed by atoms with E-state index >= 15 is 0 Å². The number of hydrogen-bond acceptors (Lipinski definition) is 8. The van der Waals surface area contributed by atoms with E-state index in [0.717, 1.165) is 47.4 Å². The predicted octanol–water partition coefficient (Wildman–Crippen LogP) is 2.78. The number of nitrogens with one attached hydrogen (secondary N) is 2. The first-order valence-electron chi connectivity index (χ1n) is 8.18. The van der Waals surface area contributed by atoms with Gasteiger partial charge in [-0.15, -0.1) is 11.3 Å². The van der Waals surface area contributed by atoms with Crippen molar-refractivity contribution >= 4 is 28.2 Å². The lowest BCUT2D eigenvalue weighted by Crippen LogP contribution is -2.30. The van der Waals surface area contributed by atoms with Crippen LogP contribution in [0.15, 0.2) is 18.6 Å². The van der Waals surface area contributed by atoms with Crippen LogP contribution in [0.1, 0.15) is 17.7 Å². The maximum atomic E-state index is 13.0. The third-order valence-corrected chi connectivity index (χ3v) is 5.39. The summed E-state index contributed by atoms with van der Waals surface area (Å²) in [7, 11) is 1.70. The number of nitrogens with zero attached hydrogens (tertiary/aromatic N) is 5. The summed E-state index contributed by atoms with van der Waals surface area (Å²) in [6.45, 7) is 4.43. The SMILES string of the molecule is COCCN1CC(C)c2sc(Nc3ncc(F)cn3)nc2-c2cn[nH]c21. The summed E-state index contributed by atoms with van der Waals surface area (Å²) < 4.78 is 18.2. The van der Waals surface area contributed by atoms with Crippen LogP contribution in [-0.2, 0) is 4.74 Å². The first-order chi connectivity index (χ1) is 12.7. The van der Waals surface area contributed by atoms with Crippen molar-refractivity contribution in [2.24, 2.45) is 0 Å². The van der Waals surface area contributed by atoms with E-state index in [1.807, 2.05) is 0 Å². The average molecular weight is 375 g/mol. The van der Waals surface area contributed by atoms with Gasteiger partial charge in [0.25, 0.3) is 0 Å². The highest BCUT2D eigenvalue weighted by molar-refractivity contribution is 7.16. The highest BCUT2D eigenvalue weighted by Gasteiger charge is 2.29. The summed E-state index contributed by atoms with van der Waals surface area (Å²) in [5.41, 5.74) is 1.86. The Balaban J connectivity index is 1.67. The molecule has 0 fully saturated rings. The molecule has 1 aliphatic heterocycles. The standard InChI is InChI=1S/C16H18FN7OS/c1-9-8-24(3-4-25-2)14-11(7-20-23-14)12-13(9)26-16(21-12)22-15-18-5-10(17)6-19-15/h5-7,9H,3-4,8H2,1-2H3,(H,20,23)(H,18,19,21,22). The lowest BCUT2D eigenvalue weighted by Gasteiger charge is -2.24. The van der Waals surface area contributed by atoms with Gasteiger partial charge in [0.1, 0.15) is 5.82 Å². The van der Waals surface area contributed by atoms with Gasteiger partial charge >= 0.3 is 0 Å². The Morgan fingerprint density at radius 1 is 1.38 bits per heavy atom. The van der Waals surface area contributed by atoms with Gasteiger partial charge in [0.15, 0.2) is 10.9 Å². The molecule has 4 heterocycles. The molecule has 10 heteroatoms. The second-order valence-electron chi connectivity index (χ2n) is 6.05. The summed E-state index contributed by atoms with van der Waals surface area (Å²) in [6, 6.07) is 0. The fourth-order valence-corrected chi connectivity index (χ4v) is 4.00. The van der Waals surface area contributed by atoms with Gasteiger partial charge in [-0.3, -0.25) is 5.10 Å². The van der Waals surface area contributed by atoms with Crippen molar-refractivity contribution in [2.75, 3.05) is 37.0 Å². The van der Waals surface area contributed by atoms with E-state index in [9.17, 15) is 4.39 Å². The normalized spacial score (nSPS) is 16.1. The van der Waals surface area contributed by atoms with Crippen LogP contribution in [0.3, 0.4) is 0 Å². The Hall–Kier alpha value is -2.59. The minimum Gasteiger partial charge on any atom is -0.383 e. The number of fused-ring (bicyclic) bond motifs is 3. The minimum atomic E-state index is -0.474. The van der Waals surface area contributed by atoms with Gasteiger partial charge in [0.2, 0.25) is 5.95 Å². The van der Waals surface area contributed by atoms with Crippen LogP contribution < -0.4 is 10.2 Å². The van der Waals surface area contributed by atoms with Crippen molar-refractivity contribution in [1.82, 2.24) is 25.1 Å². The molecule has 0 radical (unpaired) electrons. The molecule has 4 rings (SSSR count). The molecule has 1 atom stereocenters. The Bertz CT molecular complexity index is 894. The molecule has 2 N–H and O–H groups in total. The molecular weight excluding hydrogens is 357 g/mol. The van der Waals surface area contributed by atoms with E-state index in [2.05, 4.69) is 37.3 Å². The summed E-state index contributed by atoms with van der Waals surface area (Å²) in [4.78, 5) is 16.0. The first kappa shape index (κ1) is 16.9. The number of anilines is 3. The highest BCUT2D eigenvalue weighted by Crippen LogP contribution is 2.43. The quantitative estimate of drug-likeness (QED) is 0.708. The number of hydrogen-bond donors (Lipinski definition) is 2. The molecule has 3 aromatic heterocycles. The summed E-state index contributed by atoms with van der Waals surface area (Å²) in [5.74, 6) is 1.07. The van der Waals surface area contributed by atoms with Crippen molar-refractivity contribution in [1.29, 1.82) is 0 Å². The third-order valence-electron chi connectivity index (χ3n) is 4.19. The number of H-pyrrole nitrogens is 1. The molecule has 136 valence electrons. The predicted molar refractivity (Wildman–Crippen MR) is 97.5 cm³/mol. The van der Waals surface area contributed by atoms with Gasteiger partial charge in [0.05, 0.1) is 36.5 Å². The molecular formula is C16H18FN7OS. The van der Waals surface area contributed by atoms with Gasteiger partial charge in [0, 0.05) is 31.0 Å². The van der Waals surface area contributed by atoms with Gasteiger partial charge < -0.3 is 15.0 Å². The summed E-state index contributed by atoms with van der Waals surface area (Å²) in [6.07, 6.45) is 4.04. The zero-order valence-electron chi connectivity index (χ0n) is 14.4. The van der Waals surface area contributed by atoms with Crippen molar-refractivity contribution in [3.05, 3.63) is 29.3 Å². The highest BCUT2D eigenvalue weighted by atomic mass is 32.1. The Morgan fingerprint density at radius 3 is 2.96 bits per heavy atom. The number of methoxy groups -OCH3 is 1. The van der Waals surface area contributed by atoms with Crippen LogP contribution in [0.2, 0.25) is 0 Å². The Kier molecular flexibility index (Phi) is 4.51. The lowest BCUT2D eigenvalue weighted by atomic mass is 10.1. The van der Waals surface area contributed by atoms with E-state index < -0.39 is 5.82 Å². The van der Waals surface area contributed by atoms with Crippen molar-refractivity contribution < 1.29 is 9.13 Å². The molecule has 8 nitrogen and oxygen atoms in total. The molecule has 1 aliphatic rings. The van der Waals surface area contributed by atoms with E-state index in [1.54, 1.807) is 24.6 Å². The van der Waals surface area contributed by atoms with Crippen molar-refractivity contribution in [3.63, 3.8) is 0 Å². The summed E-state index contributed by atoms with van der Waals surface area (Å²) >= 11 is 1.55. The largest absolute Gasteiger partial charge is 0.383 e. The molecule has 0 amide bonds. The van der Waals surface area contributed by atoms with Crippen LogP contribution in [0.25, 0.3) is 11.3 Å². The molecule has 26 heavy (non-hydrogen) atoms. The molecule has 0 spiro atoms. The zero-order valence-corrected chi connectivity index (χ0v) is 15.2. The monoisotopic (exact) mass is 375 g/mol. The molecule has 0 saturated carbocycles. The number of rotatable bonds is 5. The molecule has 0 aromatic carbocycles. The van der Waals surface area contributed by atoms with Gasteiger partial charge in [-0.2, -0.15) is 5.10 Å². The van der Waals surface area contributed by atoms with E-state index in [0.29, 0.717) is 17.7 Å². The average Bonchev–Trinajstić information content (AvgIpc) is 3.25. The number of aromatic amines is 1. The molecule has 3 aromatic rings. The van der Waals surface area contributed by atoms with Crippen LogP contribution in [0.4, 0.5) is 21.3 Å². The Morgan fingerprint density at radius 2 is 2.19 bits per heavy atom. The maximum Gasteiger partial charge on any atom is 0.229 e. The zero-order chi connectivity index (χ0) is 18.1. The van der Waals surface area contributed by atoms with Crippen LogP contribution >= 0.6 is 11.3 Å². The number of thiazole rings is 1. The van der Waals surface area contributed by atoms with E-state index in [1.165, 1.54) is 0 Å². The first-order valence-corrected chi connectivity index (χ1v) is 9.00. The molecule has 1 unspecified atom stereocenters. The number of aromatic nitrogens is 5. The summed E-state index contributed by atoms with van der Waals surface area (Å²) in [5, 5.41) is 11.0. The van der Waals surface area contributed by atoms with Crippen LogP contribution in [0.5, 0.6) is 0 Å². The Labute approximate surface area is 153 Å². The van der Waals surface area contributed by atoms with Gasteiger partial charge in [-0.05, 0) is 0 Å². The van der Waals surface area contributed by atoms with Crippen LogP contribution in [-0.4, -0.2) is 52.0 Å². The third kappa shape index (κ3) is 3.13.